The molecule has 1 aliphatic rings. The Kier molecular flexibility index (Phi) is 3.80. The maximum atomic E-state index is 13.2. The summed E-state index contributed by atoms with van der Waals surface area (Å²) in [5.74, 6) is 0.156. The summed E-state index contributed by atoms with van der Waals surface area (Å²) in [5.41, 5.74) is 0. The van der Waals surface area contributed by atoms with Gasteiger partial charge in [0.1, 0.15) is 6.17 Å². The third-order valence-corrected chi connectivity index (χ3v) is 2.15. The van der Waals surface area contributed by atoms with Gasteiger partial charge in [-0.2, -0.15) is 0 Å². The fourth-order valence-electron chi connectivity index (χ4n) is 1.36. The van der Waals surface area contributed by atoms with Crippen LogP contribution >= 0.6 is 0 Å². The van der Waals surface area contributed by atoms with Crippen molar-refractivity contribution in [3.63, 3.8) is 0 Å². The highest BCUT2D eigenvalue weighted by Gasteiger charge is 2.24. The van der Waals surface area contributed by atoms with Crippen molar-refractivity contribution in [2.75, 3.05) is 26.8 Å². The highest BCUT2D eigenvalue weighted by molar-refractivity contribution is 4.73. The van der Waals surface area contributed by atoms with Crippen LogP contribution in [0.2, 0.25) is 0 Å². The predicted molar refractivity (Wildman–Crippen MR) is 42.4 cm³/mol. The Bertz CT molecular complexity index is 104. The number of hydrogen-bond acceptors (Lipinski definition) is 2. The maximum Gasteiger partial charge on any atom is 0.106 e. The molecule has 1 rings (SSSR count). The molecule has 2 atom stereocenters. The largest absolute Gasteiger partial charge is 0.381 e. The maximum absolute atomic E-state index is 13.2. The van der Waals surface area contributed by atoms with Crippen LogP contribution in [0.4, 0.5) is 4.39 Å². The standard InChI is InChI=1S/C8H16FNO/c1-10-4-2-8(9)7-3-5-11-6-7/h7-8,10H,2-6H2,1H3. The van der Waals surface area contributed by atoms with Gasteiger partial charge in [-0.05, 0) is 26.4 Å². The van der Waals surface area contributed by atoms with E-state index in [1.54, 1.807) is 0 Å². The van der Waals surface area contributed by atoms with Crippen molar-refractivity contribution >= 4 is 0 Å². The molecule has 0 spiro atoms. The van der Waals surface area contributed by atoms with Crippen molar-refractivity contribution in [2.24, 2.45) is 5.92 Å². The van der Waals surface area contributed by atoms with E-state index in [1.807, 2.05) is 7.05 Å². The zero-order chi connectivity index (χ0) is 8.10. The van der Waals surface area contributed by atoms with Gasteiger partial charge in [0, 0.05) is 12.5 Å². The molecule has 66 valence electrons. The molecule has 1 heterocycles. The van der Waals surface area contributed by atoms with E-state index in [9.17, 15) is 4.39 Å². The SMILES string of the molecule is CNCCC(F)C1CCOC1. The Morgan fingerprint density at radius 1 is 1.73 bits per heavy atom. The van der Waals surface area contributed by atoms with Crippen LogP contribution in [0.1, 0.15) is 12.8 Å². The fourth-order valence-corrected chi connectivity index (χ4v) is 1.36. The Hall–Kier alpha value is -0.150. The fraction of sp³-hybridized carbons (Fsp3) is 1.00. The molecule has 0 bridgehead atoms. The van der Waals surface area contributed by atoms with Crippen LogP contribution in [0.5, 0.6) is 0 Å². The van der Waals surface area contributed by atoms with Crippen molar-refractivity contribution in [1.82, 2.24) is 5.32 Å². The van der Waals surface area contributed by atoms with E-state index in [-0.39, 0.29) is 5.92 Å². The Labute approximate surface area is 67.1 Å². The molecule has 0 aromatic rings. The minimum absolute atomic E-state index is 0.156. The minimum atomic E-state index is -0.676. The number of rotatable bonds is 4. The molecule has 2 nitrogen and oxygen atoms in total. The van der Waals surface area contributed by atoms with E-state index < -0.39 is 6.17 Å². The van der Waals surface area contributed by atoms with Gasteiger partial charge in [0.15, 0.2) is 0 Å². The Morgan fingerprint density at radius 2 is 2.55 bits per heavy atom. The third kappa shape index (κ3) is 2.75. The second kappa shape index (κ2) is 4.67. The third-order valence-electron chi connectivity index (χ3n) is 2.15. The summed E-state index contributed by atoms with van der Waals surface area (Å²) in [6.07, 6.45) is 0.833. The molecular formula is C8H16FNO. The van der Waals surface area contributed by atoms with Crippen molar-refractivity contribution in [3.8, 4) is 0 Å². The van der Waals surface area contributed by atoms with Crippen LogP contribution in [0.3, 0.4) is 0 Å². The molecule has 2 unspecified atom stereocenters. The van der Waals surface area contributed by atoms with Crippen LogP contribution < -0.4 is 5.32 Å². The number of hydrogen-bond donors (Lipinski definition) is 1. The van der Waals surface area contributed by atoms with Crippen LogP contribution in [0.25, 0.3) is 0 Å². The summed E-state index contributed by atoms with van der Waals surface area (Å²) in [4.78, 5) is 0. The number of alkyl halides is 1. The number of halogens is 1. The van der Waals surface area contributed by atoms with E-state index in [1.165, 1.54) is 0 Å². The molecule has 1 aliphatic heterocycles. The minimum Gasteiger partial charge on any atom is -0.381 e. The molecular weight excluding hydrogens is 145 g/mol. The first-order chi connectivity index (χ1) is 5.34. The molecule has 1 saturated heterocycles. The highest BCUT2D eigenvalue weighted by Crippen LogP contribution is 2.20. The Morgan fingerprint density at radius 3 is 3.09 bits per heavy atom. The summed E-state index contributed by atoms with van der Waals surface area (Å²) in [5, 5.41) is 2.94. The summed E-state index contributed by atoms with van der Waals surface area (Å²) in [6.45, 7) is 2.12. The van der Waals surface area contributed by atoms with Gasteiger partial charge in [-0.1, -0.05) is 0 Å². The molecule has 0 aliphatic carbocycles. The van der Waals surface area contributed by atoms with Gasteiger partial charge in [0.25, 0.3) is 0 Å². The summed E-state index contributed by atoms with van der Waals surface area (Å²) in [6, 6.07) is 0. The van der Waals surface area contributed by atoms with Gasteiger partial charge in [-0.3, -0.25) is 0 Å². The zero-order valence-corrected chi connectivity index (χ0v) is 6.98. The molecule has 0 radical (unpaired) electrons. The van der Waals surface area contributed by atoms with Crippen LogP contribution in [-0.2, 0) is 4.74 Å². The zero-order valence-electron chi connectivity index (χ0n) is 6.98. The lowest BCUT2D eigenvalue weighted by Gasteiger charge is -2.12. The first kappa shape index (κ1) is 8.94. The van der Waals surface area contributed by atoms with Gasteiger partial charge in [0.2, 0.25) is 0 Å². The molecule has 11 heavy (non-hydrogen) atoms. The normalized spacial score (nSPS) is 27.3. The number of nitrogens with one attached hydrogen (secondary N) is 1. The highest BCUT2D eigenvalue weighted by atomic mass is 19.1. The average molecular weight is 161 g/mol. The lowest BCUT2D eigenvalue weighted by Crippen LogP contribution is -2.21. The average Bonchev–Trinajstić information content (AvgIpc) is 2.52. The van der Waals surface area contributed by atoms with E-state index in [2.05, 4.69) is 5.32 Å². The molecule has 1 N–H and O–H groups in total. The predicted octanol–water partition coefficient (Wildman–Crippen LogP) is 0.970. The molecule has 0 amide bonds. The quantitative estimate of drug-likeness (QED) is 0.663. The molecule has 0 saturated carbocycles. The summed E-state index contributed by atoms with van der Waals surface area (Å²) < 4.78 is 18.3. The smallest absolute Gasteiger partial charge is 0.106 e. The van der Waals surface area contributed by atoms with Crippen molar-refractivity contribution < 1.29 is 9.13 Å². The second-order valence-electron chi connectivity index (χ2n) is 3.03. The molecule has 1 fully saturated rings. The number of ether oxygens (including phenoxy) is 1. The van der Waals surface area contributed by atoms with E-state index in [4.69, 9.17) is 4.74 Å². The second-order valence-corrected chi connectivity index (χ2v) is 3.03. The lowest BCUT2D eigenvalue weighted by atomic mass is 10.0. The summed E-state index contributed by atoms with van der Waals surface area (Å²) >= 11 is 0. The van der Waals surface area contributed by atoms with E-state index in [0.29, 0.717) is 13.0 Å². The Balaban J connectivity index is 2.12. The van der Waals surface area contributed by atoms with Crippen LogP contribution in [-0.4, -0.2) is 33.0 Å². The monoisotopic (exact) mass is 161 g/mol. The van der Waals surface area contributed by atoms with Gasteiger partial charge < -0.3 is 10.1 Å². The van der Waals surface area contributed by atoms with Crippen molar-refractivity contribution in [3.05, 3.63) is 0 Å². The van der Waals surface area contributed by atoms with E-state index >= 15 is 0 Å². The van der Waals surface area contributed by atoms with Gasteiger partial charge >= 0.3 is 0 Å². The lowest BCUT2D eigenvalue weighted by molar-refractivity contribution is 0.151. The van der Waals surface area contributed by atoms with Gasteiger partial charge in [-0.15, -0.1) is 0 Å². The first-order valence-electron chi connectivity index (χ1n) is 4.21. The first-order valence-corrected chi connectivity index (χ1v) is 4.21. The molecule has 0 aromatic carbocycles. The topological polar surface area (TPSA) is 21.3 Å². The van der Waals surface area contributed by atoms with Crippen molar-refractivity contribution in [1.29, 1.82) is 0 Å². The van der Waals surface area contributed by atoms with Gasteiger partial charge in [0.05, 0.1) is 6.61 Å². The van der Waals surface area contributed by atoms with E-state index in [0.717, 1.165) is 19.6 Å². The molecule has 3 heteroatoms. The summed E-state index contributed by atoms with van der Waals surface area (Å²) in [7, 11) is 1.85. The van der Waals surface area contributed by atoms with Gasteiger partial charge in [-0.25, -0.2) is 4.39 Å². The molecule has 0 aromatic heterocycles. The van der Waals surface area contributed by atoms with Crippen molar-refractivity contribution in [2.45, 2.75) is 19.0 Å². The van der Waals surface area contributed by atoms with Crippen LogP contribution in [0.15, 0.2) is 0 Å². The van der Waals surface area contributed by atoms with Crippen LogP contribution in [0, 0.1) is 5.92 Å².